The van der Waals surface area contributed by atoms with E-state index in [0.717, 1.165) is 0 Å². The lowest BCUT2D eigenvalue weighted by Crippen LogP contribution is -2.61. The molecule has 22 heteroatoms. The number of fused-ring (bicyclic) bond motifs is 2. The molecule has 0 aliphatic carbocycles. The minimum Gasteiger partial charge on any atom is -0.388 e. The fourth-order valence-electron chi connectivity index (χ4n) is 7.84. The van der Waals surface area contributed by atoms with Crippen LogP contribution in [0.5, 0.6) is 0 Å². The van der Waals surface area contributed by atoms with Gasteiger partial charge in [0.1, 0.15) is 48.6 Å². The monoisotopic (exact) mass is 896 g/mol. The summed E-state index contributed by atoms with van der Waals surface area (Å²) < 4.78 is 45.1. The Kier molecular flexibility index (Phi) is 23.0. The van der Waals surface area contributed by atoms with Crippen molar-refractivity contribution in [2.24, 2.45) is 0 Å². The average Bonchev–Trinajstić information content (AvgIpc) is 3.86. The quantitative estimate of drug-likeness (QED) is 0.0282. The molecule has 12 atom stereocenters. The van der Waals surface area contributed by atoms with Crippen molar-refractivity contribution in [2.45, 2.75) is 112 Å². The number of likely N-dealkylation sites (tertiary alicyclic amines) is 2. The first-order valence-electron chi connectivity index (χ1n) is 21.1. The normalized spacial score (nSPS) is 29.6. The Morgan fingerprint density at radius 1 is 0.639 bits per heavy atom. The SMILES string of the molecule is CC(=O)CSC(CC(=O)NCCOCCOCCOCC1O[C@@H]2CCN(C(C)=O)C2[C@@H](O)[C@H]1O)C(O)NCCOCCOCCOC[C@H]1O[C@@H]2CCN(C(C)=O)[C@@H]2[C@@H](O)[C@H]1O. The van der Waals surface area contributed by atoms with Gasteiger partial charge in [-0.15, -0.1) is 11.8 Å². The Morgan fingerprint density at radius 3 is 1.51 bits per heavy atom. The summed E-state index contributed by atoms with van der Waals surface area (Å²) >= 11 is 1.19. The van der Waals surface area contributed by atoms with Crippen LogP contribution < -0.4 is 10.6 Å². The molecule has 0 saturated carbocycles. The summed E-state index contributed by atoms with van der Waals surface area (Å²) in [4.78, 5) is 51.0. The smallest absolute Gasteiger partial charge is 0.221 e. The van der Waals surface area contributed by atoms with Crippen LogP contribution in [-0.4, -0.2) is 242 Å². The van der Waals surface area contributed by atoms with Crippen molar-refractivity contribution in [2.75, 3.05) is 111 Å². The van der Waals surface area contributed by atoms with Gasteiger partial charge in [-0.25, -0.2) is 0 Å². The van der Waals surface area contributed by atoms with Crippen LogP contribution in [0.4, 0.5) is 0 Å². The van der Waals surface area contributed by atoms with Crippen LogP contribution in [0.3, 0.4) is 0 Å². The van der Waals surface area contributed by atoms with E-state index in [1.54, 1.807) is 0 Å². The molecule has 0 aromatic carbocycles. The molecule has 4 aliphatic heterocycles. The molecule has 7 N–H and O–H groups in total. The molecule has 0 aromatic heterocycles. The van der Waals surface area contributed by atoms with Gasteiger partial charge in [0.15, 0.2) is 0 Å². The van der Waals surface area contributed by atoms with E-state index in [1.165, 1.54) is 42.3 Å². The van der Waals surface area contributed by atoms with Crippen molar-refractivity contribution < 1.29 is 82.6 Å². The molecule has 4 fully saturated rings. The van der Waals surface area contributed by atoms with Gasteiger partial charge in [-0.05, 0) is 19.8 Å². The fourth-order valence-corrected chi connectivity index (χ4v) is 8.83. The lowest BCUT2D eigenvalue weighted by atomic mass is 9.93. The van der Waals surface area contributed by atoms with Crippen molar-refractivity contribution in [1.82, 2.24) is 20.4 Å². The summed E-state index contributed by atoms with van der Waals surface area (Å²) in [6, 6.07) is -1.12. The summed E-state index contributed by atoms with van der Waals surface area (Å²) in [6.07, 6.45) is -6.64. The topological polar surface area (TPSA) is 274 Å². The fraction of sp³-hybridized carbons (Fsp3) is 0.897. The van der Waals surface area contributed by atoms with Crippen LogP contribution in [0.25, 0.3) is 0 Å². The third kappa shape index (κ3) is 16.4. The van der Waals surface area contributed by atoms with Crippen molar-refractivity contribution in [3.8, 4) is 0 Å². The van der Waals surface area contributed by atoms with Gasteiger partial charge in [-0.1, -0.05) is 0 Å². The van der Waals surface area contributed by atoms with E-state index < -0.39 is 60.2 Å². The molecule has 4 rings (SSSR count). The number of amides is 3. The number of nitrogens with one attached hydrogen (secondary N) is 2. The highest BCUT2D eigenvalue weighted by atomic mass is 32.2. The number of Topliss-reactive ketones (excluding diaryl/α,β-unsaturated/α-hetero) is 1. The number of thioether (sulfide) groups is 1. The number of rotatable bonds is 29. The van der Waals surface area contributed by atoms with Gasteiger partial charge in [0.25, 0.3) is 0 Å². The minimum absolute atomic E-state index is 0.0298. The first kappa shape index (κ1) is 51.5. The molecule has 4 unspecified atom stereocenters. The molecule has 0 bridgehead atoms. The summed E-state index contributed by atoms with van der Waals surface area (Å²) in [5.74, 6) is -0.577. The van der Waals surface area contributed by atoms with Gasteiger partial charge in [0.2, 0.25) is 17.7 Å². The van der Waals surface area contributed by atoms with Crippen molar-refractivity contribution in [3.63, 3.8) is 0 Å². The Hall–Kier alpha value is -2.13. The van der Waals surface area contributed by atoms with E-state index in [0.29, 0.717) is 39.1 Å². The molecule has 61 heavy (non-hydrogen) atoms. The van der Waals surface area contributed by atoms with Gasteiger partial charge in [-0.3, -0.25) is 24.5 Å². The van der Waals surface area contributed by atoms with Crippen molar-refractivity contribution >= 4 is 35.3 Å². The number of aliphatic hydroxyl groups is 5. The molecule has 0 aromatic rings. The molecule has 352 valence electrons. The second-order valence-corrected chi connectivity index (χ2v) is 16.7. The van der Waals surface area contributed by atoms with Gasteiger partial charge in [0, 0.05) is 46.4 Å². The molecule has 21 nitrogen and oxygen atoms in total. The van der Waals surface area contributed by atoms with Crippen LogP contribution in [0, 0.1) is 0 Å². The number of nitrogens with zero attached hydrogens (tertiary/aromatic N) is 2. The van der Waals surface area contributed by atoms with E-state index in [-0.39, 0.29) is 127 Å². The van der Waals surface area contributed by atoms with Crippen LogP contribution >= 0.6 is 11.8 Å². The van der Waals surface area contributed by atoms with Crippen molar-refractivity contribution in [3.05, 3.63) is 0 Å². The highest BCUT2D eigenvalue weighted by Gasteiger charge is 2.52. The van der Waals surface area contributed by atoms with E-state index in [1.807, 2.05) is 0 Å². The number of carbonyl (C=O) groups excluding carboxylic acids is 4. The maximum absolute atomic E-state index is 12.6. The molecular weight excluding hydrogens is 829 g/mol. The molecular formula is C39H68N4O17S. The van der Waals surface area contributed by atoms with Gasteiger partial charge in [0.05, 0.1) is 115 Å². The number of ether oxygens (including phenoxy) is 8. The maximum atomic E-state index is 12.6. The first-order chi connectivity index (χ1) is 29.3. The average molecular weight is 897 g/mol. The van der Waals surface area contributed by atoms with Gasteiger partial charge >= 0.3 is 0 Å². The first-order valence-corrected chi connectivity index (χ1v) is 22.2. The summed E-state index contributed by atoms with van der Waals surface area (Å²) in [5.41, 5.74) is 0. The number of ketones is 1. The lowest BCUT2D eigenvalue weighted by molar-refractivity contribution is -0.203. The Morgan fingerprint density at radius 2 is 1.07 bits per heavy atom. The Bertz CT molecular complexity index is 1340. The Labute approximate surface area is 361 Å². The number of hydrogen-bond acceptors (Lipinski definition) is 19. The highest BCUT2D eigenvalue weighted by molar-refractivity contribution is 8.00. The second kappa shape index (κ2) is 27.3. The number of carbonyl (C=O) groups is 4. The van der Waals surface area contributed by atoms with Crippen LogP contribution in [-0.2, 0) is 57.1 Å². The summed E-state index contributed by atoms with van der Waals surface area (Å²) in [5, 5.41) is 58.0. The third-order valence-electron chi connectivity index (χ3n) is 10.9. The van der Waals surface area contributed by atoms with E-state index in [9.17, 15) is 44.7 Å². The molecule has 0 spiro atoms. The highest BCUT2D eigenvalue weighted by Crippen LogP contribution is 2.33. The largest absolute Gasteiger partial charge is 0.388 e. The van der Waals surface area contributed by atoms with Gasteiger partial charge in [-0.2, -0.15) is 0 Å². The Balaban J connectivity index is 0.955. The predicted octanol–water partition coefficient (Wildman–Crippen LogP) is -3.59. The zero-order valence-corrected chi connectivity index (χ0v) is 36.3. The molecule has 4 saturated heterocycles. The standard InChI is InChI=1S/C39H68N4O17S/c1-24(44)23-61-31(39(52)41-7-11-54-13-15-56-17-19-58-22-30-36(49)38(51)34-28(60-30)5-9-43(34)26(3)46)20-32(47)40-6-10-53-12-14-55-16-18-57-21-29-35(48)37(50)33-27(59-29)4-8-42(33)25(2)45/h27-31,33-39,41,48-52H,4-23H2,1-3H3,(H,40,47)/t27-,28-,29?,30-,31?,33?,34+,35+,36+,37-,38-,39?/m1/s1. The summed E-state index contributed by atoms with van der Waals surface area (Å²) in [7, 11) is 0. The molecule has 4 heterocycles. The third-order valence-corrected chi connectivity index (χ3v) is 12.3. The second-order valence-electron chi connectivity index (χ2n) is 15.5. The van der Waals surface area contributed by atoms with Crippen LogP contribution in [0.1, 0.15) is 40.0 Å². The predicted molar refractivity (Wildman–Crippen MR) is 216 cm³/mol. The van der Waals surface area contributed by atoms with Crippen LogP contribution in [0.15, 0.2) is 0 Å². The summed E-state index contributed by atoms with van der Waals surface area (Å²) in [6.45, 7) is 8.59. The lowest BCUT2D eigenvalue weighted by Gasteiger charge is -2.42. The number of aliphatic hydroxyl groups excluding tert-OH is 5. The van der Waals surface area contributed by atoms with E-state index >= 15 is 0 Å². The van der Waals surface area contributed by atoms with E-state index in [4.69, 9.17) is 37.9 Å². The molecule has 0 radical (unpaired) electrons. The number of hydrogen-bond donors (Lipinski definition) is 7. The zero-order valence-electron chi connectivity index (χ0n) is 35.5. The van der Waals surface area contributed by atoms with Crippen LogP contribution in [0.2, 0.25) is 0 Å². The minimum atomic E-state index is -1.18. The van der Waals surface area contributed by atoms with Gasteiger partial charge < -0.3 is 78.5 Å². The molecule has 3 amide bonds. The van der Waals surface area contributed by atoms with E-state index in [2.05, 4.69) is 10.6 Å². The zero-order chi connectivity index (χ0) is 44.3. The maximum Gasteiger partial charge on any atom is 0.221 e. The molecule has 4 aliphatic rings. The van der Waals surface area contributed by atoms with Crippen molar-refractivity contribution in [1.29, 1.82) is 0 Å².